The zero-order chi connectivity index (χ0) is 12.1. The summed E-state index contributed by atoms with van der Waals surface area (Å²) in [5, 5.41) is 14.8. The smallest absolute Gasteiger partial charge is 0.156 e. The number of nitrogens with zero attached hydrogens (tertiary/aromatic N) is 3. The van der Waals surface area contributed by atoms with Gasteiger partial charge in [0.05, 0.1) is 6.04 Å². The highest BCUT2D eigenvalue weighted by molar-refractivity contribution is 5.84. The van der Waals surface area contributed by atoms with E-state index in [1.807, 2.05) is 6.92 Å². The first-order valence-corrected chi connectivity index (χ1v) is 5.64. The van der Waals surface area contributed by atoms with E-state index in [1.54, 1.807) is 0 Å². The van der Waals surface area contributed by atoms with Crippen molar-refractivity contribution in [2.45, 2.75) is 19.0 Å². The molecule has 6 nitrogen and oxygen atoms in total. The monoisotopic (exact) mass is 229 g/mol. The fourth-order valence-electron chi connectivity index (χ4n) is 1.83. The molecule has 0 bridgehead atoms. The second-order valence-corrected chi connectivity index (χ2v) is 4.55. The minimum atomic E-state index is -0.0920. The van der Waals surface area contributed by atoms with Crippen LogP contribution in [0, 0.1) is 0 Å². The first-order valence-electron chi connectivity index (χ1n) is 5.64. The number of nitrogens with one attached hydrogen (secondary N) is 1. The van der Waals surface area contributed by atoms with E-state index in [2.05, 4.69) is 34.4 Å². The molecule has 0 aromatic rings. The van der Waals surface area contributed by atoms with Crippen molar-refractivity contribution < 1.29 is 5.21 Å². The van der Waals surface area contributed by atoms with Crippen molar-refractivity contribution in [2.24, 2.45) is 10.9 Å². The zero-order valence-electron chi connectivity index (χ0n) is 10.3. The summed E-state index contributed by atoms with van der Waals surface area (Å²) in [5.74, 6) is 0.229. The van der Waals surface area contributed by atoms with Crippen LogP contribution in [-0.4, -0.2) is 73.2 Å². The molecule has 1 rings (SSSR count). The molecule has 0 radical (unpaired) electrons. The number of likely N-dealkylation sites (N-methyl/N-ethyl adjacent to an activating group) is 2. The second kappa shape index (κ2) is 6.03. The van der Waals surface area contributed by atoms with Crippen molar-refractivity contribution in [2.75, 3.05) is 40.3 Å². The Hall–Kier alpha value is -0.850. The molecule has 4 N–H and O–H groups in total. The average molecular weight is 229 g/mol. The van der Waals surface area contributed by atoms with E-state index < -0.39 is 0 Å². The van der Waals surface area contributed by atoms with Crippen LogP contribution in [0.5, 0.6) is 0 Å². The summed E-state index contributed by atoms with van der Waals surface area (Å²) in [6.07, 6.45) is 0. The first-order chi connectivity index (χ1) is 7.54. The highest BCUT2D eigenvalue weighted by Crippen LogP contribution is 2.04. The van der Waals surface area contributed by atoms with Crippen molar-refractivity contribution in [3.8, 4) is 0 Å². The molecular weight excluding hydrogens is 206 g/mol. The molecule has 2 atom stereocenters. The number of hydrogen-bond donors (Lipinski definition) is 3. The molecule has 1 saturated heterocycles. The summed E-state index contributed by atoms with van der Waals surface area (Å²) < 4.78 is 0. The van der Waals surface area contributed by atoms with Crippen LogP contribution >= 0.6 is 0 Å². The van der Waals surface area contributed by atoms with Crippen LogP contribution in [0.3, 0.4) is 0 Å². The maximum absolute atomic E-state index is 8.54. The van der Waals surface area contributed by atoms with Crippen LogP contribution in [0.25, 0.3) is 0 Å². The lowest BCUT2D eigenvalue weighted by atomic mass is 10.1. The fraction of sp³-hybridized carbons (Fsp3) is 0.900. The SMILES string of the molecule is CC(NCC1CN(C)CCN1C)C(N)=NO. The van der Waals surface area contributed by atoms with Crippen molar-refractivity contribution in [3.63, 3.8) is 0 Å². The number of nitrogens with two attached hydrogens (primary N) is 1. The molecule has 1 heterocycles. The molecule has 1 aliphatic heterocycles. The van der Waals surface area contributed by atoms with Crippen molar-refractivity contribution in [1.82, 2.24) is 15.1 Å². The number of amidine groups is 1. The third-order valence-electron chi connectivity index (χ3n) is 3.20. The lowest BCUT2D eigenvalue weighted by Gasteiger charge is -2.38. The molecule has 94 valence electrons. The number of hydrogen-bond acceptors (Lipinski definition) is 5. The van der Waals surface area contributed by atoms with Crippen molar-refractivity contribution in [1.29, 1.82) is 0 Å². The van der Waals surface area contributed by atoms with E-state index in [-0.39, 0.29) is 11.9 Å². The van der Waals surface area contributed by atoms with E-state index in [0.29, 0.717) is 6.04 Å². The third kappa shape index (κ3) is 3.62. The van der Waals surface area contributed by atoms with Gasteiger partial charge in [-0.25, -0.2) is 0 Å². The Bertz CT molecular complexity index is 245. The minimum absolute atomic E-state index is 0.0920. The third-order valence-corrected chi connectivity index (χ3v) is 3.20. The summed E-state index contributed by atoms with van der Waals surface area (Å²) >= 11 is 0. The van der Waals surface area contributed by atoms with Crippen molar-refractivity contribution in [3.05, 3.63) is 0 Å². The largest absolute Gasteiger partial charge is 0.409 e. The normalized spacial score (nSPS) is 26.9. The number of rotatable bonds is 4. The van der Waals surface area contributed by atoms with Crippen LogP contribution in [0.1, 0.15) is 6.92 Å². The van der Waals surface area contributed by atoms with Crippen LogP contribution in [0.2, 0.25) is 0 Å². The van der Waals surface area contributed by atoms with Gasteiger partial charge in [0.15, 0.2) is 5.84 Å². The zero-order valence-corrected chi connectivity index (χ0v) is 10.3. The van der Waals surface area contributed by atoms with Gasteiger partial charge in [-0.3, -0.25) is 4.90 Å². The summed E-state index contributed by atoms with van der Waals surface area (Å²) in [6.45, 7) is 5.98. The van der Waals surface area contributed by atoms with Crippen molar-refractivity contribution >= 4 is 5.84 Å². The van der Waals surface area contributed by atoms with Crippen LogP contribution in [-0.2, 0) is 0 Å². The van der Waals surface area contributed by atoms with Gasteiger partial charge >= 0.3 is 0 Å². The maximum Gasteiger partial charge on any atom is 0.156 e. The van der Waals surface area contributed by atoms with E-state index in [0.717, 1.165) is 26.2 Å². The predicted octanol–water partition coefficient (Wildman–Crippen LogP) is -1.04. The Morgan fingerprint density at radius 1 is 1.56 bits per heavy atom. The van der Waals surface area contributed by atoms with Gasteiger partial charge in [0, 0.05) is 32.2 Å². The van der Waals surface area contributed by atoms with E-state index >= 15 is 0 Å². The number of oxime groups is 1. The highest BCUT2D eigenvalue weighted by atomic mass is 16.4. The van der Waals surface area contributed by atoms with Gasteiger partial charge < -0.3 is 21.2 Å². The molecule has 1 aliphatic rings. The molecule has 0 aliphatic carbocycles. The molecule has 0 spiro atoms. The molecule has 16 heavy (non-hydrogen) atoms. The van der Waals surface area contributed by atoms with E-state index in [9.17, 15) is 0 Å². The Morgan fingerprint density at radius 2 is 2.25 bits per heavy atom. The van der Waals surface area contributed by atoms with E-state index in [1.165, 1.54) is 0 Å². The van der Waals surface area contributed by atoms with Gasteiger partial charge in [-0.05, 0) is 21.0 Å². The van der Waals surface area contributed by atoms with Crippen LogP contribution < -0.4 is 11.1 Å². The molecule has 0 saturated carbocycles. The molecule has 0 aromatic carbocycles. The molecule has 1 fully saturated rings. The second-order valence-electron chi connectivity index (χ2n) is 4.55. The average Bonchev–Trinajstić information content (AvgIpc) is 2.28. The van der Waals surface area contributed by atoms with Gasteiger partial charge in [0.1, 0.15) is 0 Å². The Kier molecular flexibility index (Phi) is 4.98. The number of piperazine rings is 1. The van der Waals surface area contributed by atoms with Crippen LogP contribution in [0.15, 0.2) is 5.16 Å². The summed E-state index contributed by atoms with van der Waals surface area (Å²) in [6, 6.07) is 0.387. The first kappa shape index (κ1) is 13.2. The van der Waals surface area contributed by atoms with E-state index in [4.69, 9.17) is 10.9 Å². The quantitative estimate of drug-likeness (QED) is 0.248. The lowest BCUT2D eigenvalue weighted by Crippen LogP contribution is -2.55. The van der Waals surface area contributed by atoms with Gasteiger partial charge in [-0.2, -0.15) is 0 Å². The Balaban J connectivity index is 2.36. The summed E-state index contributed by atoms with van der Waals surface area (Å²) in [5.41, 5.74) is 5.51. The lowest BCUT2D eigenvalue weighted by molar-refractivity contribution is 0.113. The van der Waals surface area contributed by atoms with Gasteiger partial charge in [0.2, 0.25) is 0 Å². The minimum Gasteiger partial charge on any atom is -0.409 e. The standard InChI is InChI=1S/C10H23N5O/c1-8(10(11)13-16)12-6-9-7-14(2)4-5-15(9)3/h8-9,12,16H,4-7H2,1-3H3,(H2,11,13). The van der Waals surface area contributed by atoms with Gasteiger partial charge in [-0.1, -0.05) is 5.16 Å². The molecular formula is C10H23N5O. The van der Waals surface area contributed by atoms with Gasteiger partial charge in [-0.15, -0.1) is 0 Å². The van der Waals surface area contributed by atoms with Crippen LogP contribution in [0.4, 0.5) is 0 Å². The Labute approximate surface area is 97.1 Å². The topological polar surface area (TPSA) is 77.1 Å². The molecule has 6 heteroatoms. The highest BCUT2D eigenvalue weighted by Gasteiger charge is 2.22. The Morgan fingerprint density at radius 3 is 2.88 bits per heavy atom. The molecule has 2 unspecified atom stereocenters. The molecule has 0 amide bonds. The molecule has 0 aromatic heterocycles. The van der Waals surface area contributed by atoms with Gasteiger partial charge in [0.25, 0.3) is 0 Å². The fourth-order valence-corrected chi connectivity index (χ4v) is 1.83. The predicted molar refractivity (Wildman–Crippen MR) is 64.8 cm³/mol. The summed E-state index contributed by atoms with van der Waals surface area (Å²) in [7, 11) is 4.26. The summed E-state index contributed by atoms with van der Waals surface area (Å²) in [4.78, 5) is 4.66. The maximum atomic E-state index is 8.54.